The summed E-state index contributed by atoms with van der Waals surface area (Å²) in [5, 5.41) is 8.62. The van der Waals surface area contributed by atoms with Crippen molar-refractivity contribution in [2.75, 3.05) is 26.2 Å². The number of nitrogens with zero attached hydrogens (tertiary/aromatic N) is 3. The molecule has 0 radical (unpaired) electrons. The molecule has 160 valence electrons. The Hall–Kier alpha value is -2.35. The smallest absolute Gasteiger partial charge is 0.180 e. The van der Waals surface area contributed by atoms with Crippen molar-refractivity contribution in [3.63, 3.8) is 0 Å². The molecule has 3 rings (SSSR count). The van der Waals surface area contributed by atoms with Crippen LogP contribution in [0.25, 0.3) is 0 Å². The van der Waals surface area contributed by atoms with Crippen molar-refractivity contribution in [3.8, 4) is 5.75 Å². The molecule has 0 amide bonds. The van der Waals surface area contributed by atoms with Gasteiger partial charge in [-0.15, -0.1) is 5.10 Å². The molecule has 1 saturated heterocycles. The predicted molar refractivity (Wildman–Crippen MR) is 125 cm³/mol. The van der Waals surface area contributed by atoms with Crippen LogP contribution in [-0.2, 0) is 10.5 Å². The largest absolute Gasteiger partial charge is 0.492 e. The lowest BCUT2D eigenvalue weighted by molar-refractivity contribution is -0.0699. The van der Waals surface area contributed by atoms with Crippen LogP contribution in [0.3, 0.4) is 0 Å². The molecule has 2 aromatic carbocycles. The summed E-state index contributed by atoms with van der Waals surface area (Å²) in [5.41, 5.74) is 8.06. The Morgan fingerprint density at radius 2 is 1.93 bits per heavy atom. The van der Waals surface area contributed by atoms with Gasteiger partial charge in [0.15, 0.2) is 5.17 Å². The molecule has 7 heteroatoms. The van der Waals surface area contributed by atoms with Crippen molar-refractivity contribution in [1.82, 2.24) is 4.90 Å². The van der Waals surface area contributed by atoms with Gasteiger partial charge in [-0.2, -0.15) is 5.10 Å². The van der Waals surface area contributed by atoms with E-state index >= 15 is 0 Å². The summed E-state index contributed by atoms with van der Waals surface area (Å²) in [5.74, 6) is 1.60. The molecule has 1 fully saturated rings. The molecule has 2 N–H and O–H groups in total. The van der Waals surface area contributed by atoms with Crippen molar-refractivity contribution in [2.24, 2.45) is 15.9 Å². The van der Waals surface area contributed by atoms with Crippen molar-refractivity contribution in [3.05, 3.63) is 65.7 Å². The maximum Gasteiger partial charge on any atom is 0.180 e. The molecular weight excluding hydrogens is 396 g/mol. The summed E-state index contributed by atoms with van der Waals surface area (Å²) in [6, 6.07) is 18.0. The molecule has 1 heterocycles. The first-order chi connectivity index (χ1) is 14.6. The average molecular weight is 427 g/mol. The lowest BCUT2D eigenvalue weighted by Crippen LogP contribution is -2.46. The van der Waals surface area contributed by atoms with E-state index in [0.717, 1.165) is 36.7 Å². The zero-order valence-electron chi connectivity index (χ0n) is 17.6. The van der Waals surface area contributed by atoms with Crippen LogP contribution in [0, 0.1) is 0 Å². The summed E-state index contributed by atoms with van der Waals surface area (Å²) in [6.45, 7) is 7.64. The van der Waals surface area contributed by atoms with Crippen LogP contribution in [0.15, 0.2) is 64.8 Å². The summed E-state index contributed by atoms with van der Waals surface area (Å²) in [7, 11) is 0. The lowest BCUT2D eigenvalue weighted by atomic mass is 10.2. The fourth-order valence-electron chi connectivity index (χ4n) is 3.36. The zero-order valence-corrected chi connectivity index (χ0v) is 18.4. The highest BCUT2D eigenvalue weighted by molar-refractivity contribution is 8.13. The average Bonchev–Trinajstić information content (AvgIpc) is 2.73. The number of thioether (sulfide) groups is 1. The van der Waals surface area contributed by atoms with Gasteiger partial charge in [-0.1, -0.05) is 54.2 Å². The van der Waals surface area contributed by atoms with E-state index in [9.17, 15) is 0 Å². The molecule has 2 atom stereocenters. The monoisotopic (exact) mass is 426 g/mol. The fraction of sp³-hybridized carbons (Fsp3) is 0.391. The second kappa shape index (κ2) is 11.7. The van der Waals surface area contributed by atoms with E-state index in [2.05, 4.69) is 41.1 Å². The molecule has 0 aliphatic carbocycles. The van der Waals surface area contributed by atoms with Crippen LogP contribution in [0.1, 0.15) is 25.0 Å². The van der Waals surface area contributed by atoms with E-state index in [-0.39, 0.29) is 12.2 Å². The number of benzene rings is 2. The second-order valence-electron chi connectivity index (χ2n) is 7.39. The minimum atomic E-state index is 0.270. The van der Waals surface area contributed by atoms with Crippen molar-refractivity contribution >= 4 is 23.1 Å². The summed E-state index contributed by atoms with van der Waals surface area (Å²) >= 11 is 1.47. The molecule has 1 aliphatic heterocycles. The van der Waals surface area contributed by atoms with Crippen LogP contribution in [0.2, 0.25) is 0 Å². The first kappa shape index (κ1) is 22.3. The molecular formula is C23H30N4O2S. The van der Waals surface area contributed by atoms with E-state index in [4.69, 9.17) is 15.2 Å². The standard InChI is InChI=1S/C23H30N4O2S/c1-18-15-27(16-19(2)29-18)11-12-28-22-10-6-9-21(13-22)14-25-26-23(24)30-17-20-7-4-3-5-8-20/h3-10,13-14,18-19H,11-12,15-17H2,1-2H3,(H2,24,26). The van der Waals surface area contributed by atoms with Crippen LogP contribution in [0.5, 0.6) is 5.75 Å². The van der Waals surface area contributed by atoms with Crippen LogP contribution in [-0.4, -0.2) is 54.7 Å². The Bertz CT molecular complexity index is 834. The van der Waals surface area contributed by atoms with E-state index in [1.165, 1.54) is 17.3 Å². The van der Waals surface area contributed by atoms with Gasteiger partial charge in [0.05, 0.1) is 18.4 Å². The molecule has 6 nitrogen and oxygen atoms in total. The molecule has 0 spiro atoms. The van der Waals surface area contributed by atoms with E-state index in [0.29, 0.717) is 11.8 Å². The molecule has 30 heavy (non-hydrogen) atoms. The zero-order chi connectivity index (χ0) is 21.2. The number of ether oxygens (including phenoxy) is 2. The van der Waals surface area contributed by atoms with Gasteiger partial charge in [0.1, 0.15) is 12.4 Å². The topological polar surface area (TPSA) is 72.4 Å². The Balaban J connectivity index is 1.44. The van der Waals surface area contributed by atoms with Crippen LogP contribution in [0.4, 0.5) is 0 Å². The van der Waals surface area contributed by atoms with Crippen molar-refractivity contribution in [1.29, 1.82) is 0 Å². The minimum absolute atomic E-state index is 0.270. The van der Waals surface area contributed by atoms with Gasteiger partial charge < -0.3 is 15.2 Å². The van der Waals surface area contributed by atoms with Gasteiger partial charge in [-0.05, 0) is 37.1 Å². The summed E-state index contributed by atoms with van der Waals surface area (Å²) in [4.78, 5) is 2.38. The summed E-state index contributed by atoms with van der Waals surface area (Å²) < 4.78 is 11.7. The molecule has 2 aromatic rings. The quantitative estimate of drug-likeness (QED) is 0.395. The van der Waals surface area contributed by atoms with E-state index in [1.807, 2.05) is 42.5 Å². The maximum atomic E-state index is 5.93. The van der Waals surface area contributed by atoms with E-state index in [1.54, 1.807) is 6.21 Å². The molecule has 2 unspecified atom stereocenters. The van der Waals surface area contributed by atoms with Gasteiger partial charge in [0.25, 0.3) is 0 Å². The SMILES string of the molecule is CC1CN(CCOc2cccc(C=NN=C(N)SCc3ccccc3)c2)CC(C)O1. The highest BCUT2D eigenvalue weighted by Gasteiger charge is 2.21. The maximum absolute atomic E-state index is 5.93. The second-order valence-corrected chi connectivity index (χ2v) is 8.39. The van der Waals surface area contributed by atoms with Gasteiger partial charge in [0, 0.05) is 25.4 Å². The van der Waals surface area contributed by atoms with Gasteiger partial charge >= 0.3 is 0 Å². The van der Waals surface area contributed by atoms with Crippen molar-refractivity contribution in [2.45, 2.75) is 31.8 Å². The predicted octanol–water partition coefficient (Wildman–Crippen LogP) is 3.76. The Morgan fingerprint density at radius 1 is 1.17 bits per heavy atom. The molecule has 0 aromatic heterocycles. The fourth-order valence-corrected chi connectivity index (χ4v) is 3.97. The molecule has 0 saturated carbocycles. The van der Waals surface area contributed by atoms with Crippen LogP contribution >= 0.6 is 11.8 Å². The Kier molecular flexibility index (Phi) is 8.74. The normalized spacial score (nSPS) is 20.5. The molecule has 1 aliphatic rings. The van der Waals surface area contributed by atoms with Crippen LogP contribution < -0.4 is 10.5 Å². The third-order valence-corrected chi connectivity index (χ3v) is 5.48. The third kappa shape index (κ3) is 7.82. The number of amidine groups is 1. The van der Waals surface area contributed by atoms with Crippen molar-refractivity contribution < 1.29 is 9.47 Å². The number of hydrogen-bond acceptors (Lipinski definition) is 6. The Morgan fingerprint density at radius 3 is 2.70 bits per heavy atom. The van der Waals surface area contributed by atoms with Gasteiger partial charge in [-0.25, -0.2) is 0 Å². The highest BCUT2D eigenvalue weighted by atomic mass is 32.2. The lowest BCUT2D eigenvalue weighted by Gasteiger charge is -2.35. The first-order valence-electron chi connectivity index (χ1n) is 10.2. The highest BCUT2D eigenvalue weighted by Crippen LogP contribution is 2.14. The van der Waals surface area contributed by atoms with E-state index < -0.39 is 0 Å². The number of rotatable bonds is 8. The third-order valence-electron chi connectivity index (χ3n) is 4.62. The number of nitrogens with two attached hydrogens (primary N) is 1. The number of morpholine rings is 1. The first-order valence-corrected chi connectivity index (χ1v) is 11.2. The Labute approximate surface area is 183 Å². The number of hydrogen-bond donors (Lipinski definition) is 1. The minimum Gasteiger partial charge on any atom is -0.492 e. The van der Waals surface area contributed by atoms with Gasteiger partial charge in [0.2, 0.25) is 0 Å². The molecule has 0 bridgehead atoms. The van der Waals surface area contributed by atoms with Gasteiger partial charge in [-0.3, -0.25) is 4.90 Å². The summed E-state index contributed by atoms with van der Waals surface area (Å²) in [6.07, 6.45) is 2.23.